The monoisotopic (exact) mass is 188 g/mol. The van der Waals surface area contributed by atoms with Gasteiger partial charge in [-0.1, -0.05) is 5.92 Å². The minimum Gasteiger partial charge on any atom is -0.408 e. The average Bonchev–Trinajstić information content (AvgIpc) is 2.54. The molecule has 0 aliphatic heterocycles. The summed E-state index contributed by atoms with van der Waals surface area (Å²) in [6, 6.07) is 5.29. The largest absolute Gasteiger partial charge is 0.417 e. The number of hydrogen-bond acceptors (Lipinski definition) is 3. The SMILES string of the molecule is C#CCNc1ccc2oc(=O)[nH]c2c1. The molecule has 2 aromatic rings. The van der Waals surface area contributed by atoms with Gasteiger partial charge in [0, 0.05) is 5.69 Å². The van der Waals surface area contributed by atoms with Gasteiger partial charge < -0.3 is 9.73 Å². The Morgan fingerprint density at radius 2 is 2.43 bits per heavy atom. The third-order valence-corrected chi connectivity index (χ3v) is 1.81. The van der Waals surface area contributed by atoms with Gasteiger partial charge in [-0.3, -0.25) is 4.98 Å². The fraction of sp³-hybridized carbons (Fsp3) is 0.100. The molecule has 1 heterocycles. The van der Waals surface area contributed by atoms with Crippen molar-refractivity contribution in [3.63, 3.8) is 0 Å². The average molecular weight is 188 g/mol. The summed E-state index contributed by atoms with van der Waals surface area (Å²) in [7, 11) is 0. The molecule has 0 aliphatic rings. The third-order valence-electron chi connectivity index (χ3n) is 1.81. The summed E-state index contributed by atoms with van der Waals surface area (Å²) in [6.45, 7) is 0.452. The van der Waals surface area contributed by atoms with Gasteiger partial charge in [-0.15, -0.1) is 6.42 Å². The van der Waals surface area contributed by atoms with E-state index in [1.807, 2.05) is 0 Å². The molecular formula is C10H8N2O2. The van der Waals surface area contributed by atoms with Crippen LogP contribution in [0.2, 0.25) is 0 Å². The van der Waals surface area contributed by atoms with Crippen LogP contribution < -0.4 is 11.1 Å². The highest BCUT2D eigenvalue weighted by Crippen LogP contribution is 2.15. The summed E-state index contributed by atoms with van der Waals surface area (Å²) in [5.74, 6) is 2.01. The van der Waals surface area contributed by atoms with Gasteiger partial charge in [-0.2, -0.15) is 0 Å². The molecule has 0 amide bonds. The standard InChI is InChI=1S/C10H8N2O2/c1-2-5-11-7-3-4-9-8(6-7)12-10(13)14-9/h1,3-4,6,11H,5H2,(H,12,13). The number of terminal acetylenes is 1. The highest BCUT2D eigenvalue weighted by molar-refractivity contribution is 5.76. The fourth-order valence-electron chi connectivity index (χ4n) is 1.22. The zero-order chi connectivity index (χ0) is 9.97. The van der Waals surface area contributed by atoms with Crippen LogP contribution in [0.4, 0.5) is 5.69 Å². The Labute approximate surface area is 79.9 Å². The van der Waals surface area contributed by atoms with Gasteiger partial charge in [-0.25, -0.2) is 4.79 Å². The van der Waals surface area contributed by atoms with Crippen LogP contribution in [0.5, 0.6) is 0 Å². The van der Waals surface area contributed by atoms with Crippen molar-refractivity contribution in [2.24, 2.45) is 0 Å². The molecule has 0 fully saturated rings. The van der Waals surface area contributed by atoms with Crippen LogP contribution in [0.15, 0.2) is 27.4 Å². The van der Waals surface area contributed by atoms with Crippen LogP contribution in [0, 0.1) is 12.3 Å². The van der Waals surface area contributed by atoms with Crippen molar-refractivity contribution in [1.82, 2.24) is 4.98 Å². The summed E-state index contributed by atoms with van der Waals surface area (Å²) in [4.78, 5) is 13.4. The lowest BCUT2D eigenvalue weighted by Gasteiger charge is -2.00. The number of benzene rings is 1. The molecule has 0 bridgehead atoms. The Balaban J connectivity index is 2.41. The first-order chi connectivity index (χ1) is 6.79. The van der Waals surface area contributed by atoms with E-state index in [-0.39, 0.29) is 0 Å². The number of H-pyrrole nitrogens is 1. The molecule has 0 atom stereocenters. The molecule has 0 aliphatic carbocycles. The van der Waals surface area contributed by atoms with Crippen molar-refractivity contribution in [1.29, 1.82) is 0 Å². The number of oxazole rings is 1. The number of aromatic nitrogens is 1. The molecule has 70 valence electrons. The fourth-order valence-corrected chi connectivity index (χ4v) is 1.22. The van der Waals surface area contributed by atoms with Crippen LogP contribution in [-0.4, -0.2) is 11.5 Å². The van der Waals surface area contributed by atoms with E-state index in [2.05, 4.69) is 16.2 Å². The lowest BCUT2D eigenvalue weighted by atomic mass is 10.3. The molecule has 0 saturated carbocycles. The number of rotatable bonds is 2. The van der Waals surface area contributed by atoms with E-state index < -0.39 is 5.76 Å². The van der Waals surface area contributed by atoms with E-state index in [0.29, 0.717) is 17.6 Å². The second kappa shape index (κ2) is 3.30. The van der Waals surface area contributed by atoms with Crippen molar-refractivity contribution in [2.75, 3.05) is 11.9 Å². The van der Waals surface area contributed by atoms with Crippen molar-refractivity contribution >= 4 is 16.8 Å². The lowest BCUT2D eigenvalue weighted by Crippen LogP contribution is -1.97. The smallest absolute Gasteiger partial charge is 0.408 e. The van der Waals surface area contributed by atoms with Crippen molar-refractivity contribution < 1.29 is 4.42 Å². The van der Waals surface area contributed by atoms with Gasteiger partial charge >= 0.3 is 5.76 Å². The zero-order valence-electron chi connectivity index (χ0n) is 7.33. The Hall–Kier alpha value is -2.15. The highest BCUT2D eigenvalue weighted by atomic mass is 16.4. The maximum absolute atomic E-state index is 10.8. The maximum Gasteiger partial charge on any atom is 0.417 e. The molecule has 4 heteroatoms. The quantitative estimate of drug-likeness (QED) is 0.695. The van der Waals surface area contributed by atoms with Crippen molar-refractivity contribution in [2.45, 2.75) is 0 Å². The van der Waals surface area contributed by atoms with Crippen LogP contribution in [0.1, 0.15) is 0 Å². The van der Waals surface area contributed by atoms with Gasteiger partial charge in [0.05, 0.1) is 12.1 Å². The molecule has 0 saturated heterocycles. The first kappa shape index (κ1) is 8.45. The molecule has 2 N–H and O–H groups in total. The molecule has 14 heavy (non-hydrogen) atoms. The van der Waals surface area contributed by atoms with Crippen LogP contribution in [-0.2, 0) is 0 Å². The summed E-state index contributed by atoms with van der Waals surface area (Å²) < 4.78 is 4.85. The van der Waals surface area contributed by atoms with Crippen LogP contribution in [0.3, 0.4) is 0 Å². The molecule has 1 aromatic carbocycles. The Morgan fingerprint density at radius 1 is 1.57 bits per heavy atom. The van der Waals surface area contributed by atoms with Gasteiger partial charge in [0.1, 0.15) is 0 Å². The topological polar surface area (TPSA) is 58.0 Å². The normalized spacial score (nSPS) is 9.93. The minimum atomic E-state index is -0.450. The Bertz CT molecular complexity index is 545. The van der Waals surface area contributed by atoms with Crippen molar-refractivity contribution in [3.05, 3.63) is 28.7 Å². The van der Waals surface area contributed by atoms with Crippen LogP contribution in [0.25, 0.3) is 11.1 Å². The summed E-state index contributed by atoms with van der Waals surface area (Å²) in [5.41, 5.74) is 2.06. The highest BCUT2D eigenvalue weighted by Gasteiger charge is 2.00. The predicted octanol–water partition coefficient (Wildman–Crippen LogP) is 1.17. The molecule has 0 radical (unpaired) electrons. The lowest BCUT2D eigenvalue weighted by molar-refractivity contribution is 0.555. The van der Waals surface area contributed by atoms with Gasteiger partial charge in [-0.05, 0) is 18.2 Å². The third kappa shape index (κ3) is 1.48. The van der Waals surface area contributed by atoms with Gasteiger partial charge in [0.25, 0.3) is 0 Å². The second-order valence-corrected chi connectivity index (χ2v) is 2.78. The Kier molecular flexibility index (Phi) is 1.99. The molecule has 4 nitrogen and oxygen atoms in total. The number of aromatic amines is 1. The first-order valence-corrected chi connectivity index (χ1v) is 4.10. The van der Waals surface area contributed by atoms with E-state index in [0.717, 1.165) is 5.69 Å². The second-order valence-electron chi connectivity index (χ2n) is 2.78. The van der Waals surface area contributed by atoms with Crippen LogP contribution >= 0.6 is 0 Å². The number of hydrogen-bond donors (Lipinski definition) is 2. The molecule has 2 rings (SSSR count). The number of anilines is 1. The molecular weight excluding hydrogens is 180 g/mol. The van der Waals surface area contributed by atoms with E-state index in [1.165, 1.54) is 0 Å². The van der Waals surface area contributed by atoms with Crippen molar-refractivity contribution in [3.8, 4) is 12.3 Å². The first-order valence-electron chi connectivity index (χ1n) is 4.10. The van der Waals surface area contributed by atoms with Gasteiger partial charge in [0.2, 0.25) is 0 Å². The van der Waals surface area contributed by atoms with E-state index in [9.17, 15) is 4.79 Å². The summed E-state index contributed by atoms with van der Waals surface area (Å²) in [5, 5.41) is 3.00. The van der Waals surface area contributed by atoms with E-state index >= 15 is 0 Å². The summed E-state index contributed by atoms with van der Waals surface area (Å²) in [6.07, 6.45) is 5.10. The van der Waals surface area contributed by atoms with E-state index in [1.54, 1.807) is 18.2 Å². The molecule has 0 unspecified atom stereocenters. The van der Waals surface area contributed by atoms with E-state index in [4.69, 9.17) is 10.8 Å². The predicted molar refractivity (Wildman–Crippen MR) is 54.2 cm³/mol. The summed E-state index contributed by atoms with van der Waals surface area (Å²) >= 11 is 0. The Morgan fingerprint density at radius 3 is 3.21 bits per heavy atom. The molecule has 1 aromatic heterocycles. The number of nitrogens with one attached hydrogen (secondary N) is 2. The zero-order valence-corrected chi connectivity index (χ0v) is 7.33. The maximum atomic E-state index is 10.8. The number of fused-ring (bicyclic) bond motifs is 1. The minimum absolute atomic E-state index is 0.450. The van der Waals surface area contributed by atoms with Gasteiger partial charge in [0.15, 0.2) is 5.58 Å². The molecule has 0 spiro atoms.